The molecule has 1 N–H and O–H groups in total. The first-order valence-corrected chi connectivity index (χ1v) is 12.3. The van der Waals surface area contributed by atoms with Crippen LogP contribution >= 0.6 is 0 Å². The molecule has 2 bridgehead atoms. The molecule has 4 aliphatic heterocycles. The van der Waals surface area contributed by atoms with E-state index in [1.807, 2.05) is 9.80 Å². The maximum absolute atomic E-state index is 13.1. The molecule has 4 saturated heterocycles. The van der Waals surface area contributed by atoms with Crippen LogP contribution in [-0.4, -0.2) is 81.8 Å². The van der Waals surface area contributed by atoms with Crippen molar-refractivity contribution in [2.45, 2.75) is 57.5 Å². The molecule has 4 aliphatic rings. The number of hydrogen-bond acceptors (Lipinski definition) is 4. The highest BCUT2D eigenvalue weighted by molar-refractivity contribution is 7.95. The van der Waals surface area contributed by atoms with Crippen LogP contribution in [0.5, 0.6) is 0 Å². The number of urea groups is 1. The van der Waals surface area contributed by atoms with E-state index >= 15 is 0 Å². The van der Waals surface area contributed by atoms with Crippen molar-refractivity contribution in [3.63, 3.8) is 0 Å². The van der Waals surface area contributed by atoms with Gasteiger partial charge in [0.25, 0.3) is 0 Å². The molecular weight excluding hydrogens is 380 g/mol. The first kappa shape index (κ1) is 20.1. The van der Waals surface area contributed by atoms with Gasteiger partial charge in [-0.25, -0.2) is 4.79 Å². The number of hydrogen-bond donors (Lipinski definition) is 1. The van der Waals surface area contributed by atoms with Crippen molar-refractivity contribution in [2.24, 2.45) is 11.8 Å². The van der Waals surface area contributed by atoms with Crippen molar-refractivity contribution in [1.29, 1.82) is 0 Å². The van der Waals surface area contributed by atoms with Crippen molar-refractivity contribution >= 4 is 22.3 Å². The molecule has 0 saturated carbocycles. The van der Waals surface area contributed by atoms with Gasteiger partial charge in [0.2, 0.25) is 5.91 Å². The molecule has 0 radical (unpaired) electrons. The number of fused-ring (bicyclic) bond motifs is 4. The molecule has 4 fully saturated rings. The van der Waals surface area contributed by atoms with Crippen LogP contribution in [0.15, 0.2) is 0 Å². The van der Waals surface area contributed by atoms with Crippen molar-refractivity contribution in [1.82, 2.24) is 19.4 Å². The van der Waals surface area contributed by atoms with Crippen molar-refractivity contribution in [3.05, 3.63) is 0 Å². The minimum Gasteiger partial charge on any atom is -0.598 e. The van der Waals surface area contributed by atoms with E-state index in [9.17, 15) is 18.4 Å². The third-order valence-electron chi connectivity index (χ3n) is 6.94. The highest BCUT2D eigenvalue weighted by Crippen LogP contribution is 2.38. The first-order chi connectivity index (χ1) is 13.4. The molecule has 0 spiro atoms. The molecule has 0 aliphatic carbocycles. The van der Waals surface area contributed by atoms with E-state index in [1.54, 1.807) is 6.92 Å². The Labute approximate surface area is 168 Å². The molecule has 4 heterocycles. The van der Waals surface area contributed by atoms with E-state index in [-0.39, 0.29) is 17.8 Å². The van der Waals surface area contributed by atoms with E-state index in [4.69, 9.17) is 0 Å². The molecule has 4 atom stereocenters. The summed E-state index contributed by atoms with van der Waals surface area (Å²) < 4.78 is 26.2. The van der Waals surface area contributed by atoms with Gasteiger partial charge in [0, 0.05) is 45.2 Å². The fraction of sp³-hybridized carbons (Fsp3) is 0.895. The van der Waals surface area contributed by atoms with Gasteiger partial charge in [0.05, 0.1) is 6.04 Å². The zero-order valence-electron chi connectivity index (χ0n) is 16.7. The van der Waals surface area contributed by atoms with Crippen molar-refractivity contribution < 1.29 is 18.4 Å². The maximum atomic E-state index is 13.1. The summed E-state index contributed by atoms with van der Waals surface area (Å²) in [5.41, 5.74) is 0. The first-order valence-electron chi connectivity index (χ1n) is 10.7. The lowest BCUT2D eigenvalue weighted by Gasteiger charge is -2.53. The van der Waals surface area contributed by atoms with Gasteiger partial charge in [0.15, 0.2) is 0 Å². The van der Waals surface area contributed by atoms with E-state index in [1.165, 1.54) is 0 Å². The lowest BCUT2D eigenvalue weighted by molar-refractivity contribution is -0.144. The summed E-state index contributed by atoms with van der Waals surface area (Å²) in [6.07, 6.45) is 5.16. The second kappa shape index (κ2) is 7.91. The fourth-order valence-electron chi connectivity index (χ4n) is 5.49. The second-order valence-electron chi connectivity index (χ2n) is 8.84. The Morgan fingerprint density at radius 2 is 1.93 bits per heavy atom. The Morgan fingerprint density at radius 1 is 1.18 bits per heavy atom. The highest BCUT2D eigenvalue weighted by Gasteiger charge is 2.45. The zero-order valence-corrected chi connectivity index (χ0v) is 17.5. The van der Waals surface area contributed by atoms with Crippen LogP contribution < -0.4 is 4.72 Å². The Hall–Kier alpha value is -1.19. The SMILES string of the molecule is CC[S+](=O)([O-])NC1CCN(C(=O)N2CC3CC(C2)[C@H]2CCCC(=O)N2C3)CC1. The molecule has 8 nitrogen and oxygen atoms in total. The minimum atomic E-state index is -3.20. The second-order valence-corrected chi connectivity index (χ2v) is 10.9. The number of sulfonamides is 1. The number of piperidine rings is 4. The molecule has 4 rings (SSSR count). The van der Waals surface area contributed by atoms with Gasteiger partial charge in [0.1, 0.15) is 16.2 Å². The van der Waals surface area contributed by atoms with E-state index < -0.39 is 10.4 Å². The number of carbonyl (C=O) groups is 2. The normalized spacial score (nSPS) is 33.4. The number of amides is 3. The van der Waals surface area contributed by atoms with Crippen LogP contribution in [0, 0.1) is 11.8 Å². The molecule has 0 aromatic rings. The largest absolute Gasteiger partial charge is 0.598 e. The van der Waals surface area contributed by atoms with Crippen LogP contribution in [0.4, 0.5) is 4.79 Å². The third-order valence-corrected chi connectivity index (χ3v) is 8.39. The molecule has 28 heavy (non-hydrogen) atoms. The Balaban J connectivity index is 1.33. The Bertz CT molecular complexity index is 666. The van der Waals surface area contributed by atoms with Crippen LogP contribution in [-0.2, 0) is 19.4 Å². The number of likely N-dealkylation sites (tertiary alicyclic amines) is 2. The van der Waals surface area contributed by atoms with Crippen molar-refractivity contribution in [2.75, 3.05) is 38.5 Å². The van der Waals surface area contributed by atoms with Gasteiger partial charge >= 0.3 is 6.03 Å². The molecular formula is C19H32N4O4S. The van der Waals surface area contributed by atoms with Crippen LogP contribution in [0.1, 0.15) is 45.4 Å². The fourth-order valence-corrected chi connectivity index (χ4v) is 6.40. The molecule has 9 heteroatoms. The zero-order chi connectivity index (χ0) is 19.9. The molecule has 3 unspecified atom stereocenters. The van der Waals surface area contributed by atoms with Crippen LogP contribution in [0.2, 0.25) is 0 Å². The highest BCUT2D eigenvalue weighted by atomic mass is 32.3. The summed E-state index contributed by atoms with van der Waals surface area (Å²) in [6, 6.07) is 0.320. The predicted molar refractivity (Wildman–Crippen MR) is 105 cm³/mol. The van der Waals surface area contributed by atoms with Gasteiger partial charge in [-0.1, -0.05) is 4.21 Å². The summed E-state index contributed by atoms with van der Waals surface area (Å²) in [7, 11) is -3.20. The summed E-state index contributed by atoms with van der Waals surface area (Å²) in [5, 5.41) is 0. The maximum Gasteiger partial charge on any atom is 0.320 e. The standard InChI is InChI=1S/C19H32N4O4S/c1-2-28(26,27)20-16-6-8-21(9-7-16)19(25)22-11-14-10-15(13-22)17-4-3-5-18(24)23(17)12-14/h14-17H,2-13H2,1H3,(H-,20,26,27)/t14?,15?,17-/m1/s1. The molecule has 0 aromatic carbocycles. The summed E-state index contributed by atoms with van der Waals surface area (Å²) in [5.74, 6) is 1.16. The molecule has 3 amide bonds. The Kier molecular flexibility index (Phi) is 5.68. The third kappa shape index (κ3) is 4.07. The van der Waals surface area contributed by atoms with E-state index in [0.717, 1.165) is 38.9 Å². The summed E-state index contributed by atoms with van der Waals surface area (Å²) in [6.45, 7) is 5.09. The smallest absolute Gasteiger partial charge is 0.320 e. The summed E-state index contributed by atoms with van der Waals surface area (Å²) in [4.78, 5) is 31.3. The molecule has 158 valence electrons. The monoisotopic (exact) mass is 412 g/mol. The van der Waals surface area contributed by atoms with Gasteiger partial charge in [-0.05, 0) is 50.9 Å². The van der Waals surface area contributed by atoms with Gasteiger partial charge in [-0.3, -0.25) is 4.79 Å². The quantitative estimate of drug-likeness (QED) is 0.701. The van der Waals surface area contributed by atoms with Gasteiger partial charge in [-0.15, -0.1) is 4.72 Å². The summed E-state index contributed by atoms with van der Waals surface area (Å²) >= 11 is 0. The average Bonchev–Trinajstić information content (AvgIpc) is 2.68. The number of nitrogens with one attached hydrogen (secondary N) is 1. The van der Waals surface area contributed by atoms with Crippen LogP contribution in [0.25, 0.3) is 0 Å². The Morgan fingerprint density at radius 3 is 2.64 bits per heavy atom. The van der Waals surface area contributed by atoms with E-state index in [0.29, 0.717) is 56.1 Å². The lowest BCUT2D eigenvalue weighted by Crippen LogP contribution is -2.62. The minimum absolute atomic E-state index is 0.0726. The number of nitrogens with zero attached hydrogens (tertiary/aromatic N) is 3. The van der Waals surface area contributed by atoms with Crippen LogP contribution in [0.3, 0.4) is 0 Å². The number of carbonyl (C=O) groups excluding carboxylic acids is 2. The topological polar surface area (TPSA) is 96.0 Å². The average molecular weight is 413 g/mol. The van der Waals surface area contributed by atoms with Gasteiger partial charge < -0.3 is 19.3 Å². The molecule has 0 aromatic heterocycles. The number of rotatable bonds is 3. The lowest BCUT2D eigenvalue weighted by atomic mass is 9.76. The predicted octanol–water partition coefficient (Wildman–Crippen LogP) is 1.06. The van der Waals surface area contributed by atoms with Crippen molar-refractivity contribution in [3.8, 4) is 0 Å². The van der Waals surface area contributed by atoms with E-state index in [2.05, 4.69) is 9.62 Å². The van der Waals surface area contributed by atoms with Gasteiger partial charge in [-0.2, -0.15) is 0 Å².